The van der Waals surface area contributed by atoms with Crippen LogP contribution in [0.3, 0.4) is 0 Å². The Kier molecular flexibility index (Phi) is 2.87. The average molecular weight is 204 g/mol. The number of ketones is 1. The minimum atomic E-state index is -1.10. The van der Waals surface area contributed by atoms with Crippen LogP contribution in [-0.2, 0) is 11.2 Å². The highest BCUT2D eigenvalue weighted by Gasteiger charge is 2.37. The normalized spacial score (nSPS) is 26.6. The van der Waals surface area contributed by atoms with E-state index in [1.165, 1.54) is 0 Å². The summed E-state index contributed by atoms with van der Waals surface area (Å²) in [7, 11) is 0. The van der Waals surface area contributed by atoms with Crippen LogP contribution in [0.15, 0.2) is 30.3 Å². The van der Waals surface area contributed by atoms with Crippen molar-refractivity contribution < 1.29 is 9.90 Å². The monoisotopic (exact) mass is 204 g/mol. The summed E-state index contributed by atoms with van der Waals surface area (Å²) >= 11 is 0. The van der Waals surface area contributed by atoms with Gasteiger partial charge in [0.15, 0.2) is 5.78 Å². The molecule has 2 nitrogen and oxygen atoms in total. The molecule has 1 atom stereocenters. The zero-order chi connectivity index (χ0) is 10.7. The van der Waals surface area contributed by atoms with Crippen LogP contribution in [0, 0.1) is 0 Å². The Balaban J connectivity index is 2.13. The Morgan fingerprint density at radius 1 is 1.20 bits per heavy atom. The number of carbonyl (C=O) groups excluding carboxylic acids is 1. The molecule has 1 fully saturated rings. The number of carbonyl (C=O) groups is 1. The van der Waals surface area contributed by atoms with Gasteiger partial charge in [0.2, 0.25) is 0 Å². The maximum atomic E-state index is 11.7. The predicted molar refractivity (Wildman–Crippen MR) is 58.6 cm³/mol. The molecule has 1 aromatic carbocycles. The van der Waals surface area contributed by atoms with Crippen molar-refractivity contribution in [3.63, 3.8) is 0 Å². The lowest BCUT2D eigenvalue weighted by molar-refractivity contribution is -0.140. The van der Waals surface area contributed by atoms with Crippen molar-refractivity contribution in [1.29, 1.82) is 0 Å². The highest BCUT2D eigenvalue weighted by molar-refractivity contribution is 5.88. The molecule has 80 valence electrons. The zero-order valence-electron chi connectivity index (χ0n) is 8.78. The molecule has 1 aliphatic rings. The summed E-state index contributed by atoms with van der Waals surface area (Å²) in [5, 5.41) is 10.2. The average Bonchev–Trinajstić information content (AvgIpc) is 2.24. The summed E-state index contributed by atoms with van der Waals surface area (Å²) in [6.45, 7) is 0. The molecule has 0 amide bonds. The summed E-state index contributed by atoms with van der Waals surface area (Å²) in [6.07, 6.45) is 3.49. The fraction of sp³-hybridized carbons (Fsp3) is 0.462. The molecule has 1 N–H and O–H groups in total. The SMILES string of the molecule is O=C1CCCCC1(O)Cc1ccccc1. The van der Waals surface area contributed by atoms with Crippen molar-refractivity contribution in [3.8, 4) is 0 Å². The van der Waals surface area contributed by atoms with Crippen LogP contribution in [0.1, 0.15) is 31.2 Å². The van der Waals surface area contributed by atoms with E-state index in [9.17, 15) is 9.90 Å². The van der Waals surface area contributed by atoms with Crippen molar-refractivity contribution in [1.82, 2.24) is 0 Å². The van der Waals surface area contributed by atoms with E-state index in [-0.39, 0.29) is 5.78 Å². The Morgan fingerprint density at radius 3 is 2.60 bits per heavy atom. The predicted octanol–water partition coefficient (Wildman–Crippen LogP) is 2.10. The van der Waals surface area contributed by atoms with Crippen molar-refractivity contribution in [3.05, 3.63) is 35.9 Å². The van der Waals surface area contributed by atoms with Gasteiger partial charge in [-0.25, -0.2) is 0 Å². The Labute approximate surface area is 89.9 Å². The molecule has 1 saturated carbocycles. The van der Waals surface area contributed by atoms with Gasteiger partial charge >= 0.3 is 0 Å². The molecule has 0 aromatic heterocycles. The van der Waals surface area contributed by atoms with E-state index in [0.29, 0.717) is 19.3 Å². The van der Waals surface area contributed by atoms with Crippen molar-refractivity contribution in [2.75, 3.05) is 0 Å². The van der Waals surface area contributed by atoms with Crippen LogP contribution in [-0.4, -0.2) is 16.5 Å². The minimum Gasteiger partial charge on any atom is -0.382 e. The number of hydrogen-bond acceptors (Lipinski definition) is 2. The van der Waals surface area contributed by atoms with Gasteiger partial charge in [0.25, 0.3) is 0 Å². The van der Waals surface area contributed by atoms with E-state index in [2.05, 4.69) is 0 Å². The summed E-state index contributed by atoms with van der Waals surface area (Å²) in [5.41, 5.74) is -0.0603. The number of aliphatic hydroxyl groups is 1. The Hall–Kier alpha value is -1.15. The van der Waals surface area contributed by atoms with Gasteiger partial charge < -0.3 is 5.11 Å². The van der Waals surface area contributed by atoms with Gasteiger partial charge in [-0.1, -0.05) is 30.3 Å². The second-order valence-corrected chi connectivity index (χ2v) is 4.32. The lowest BCUT2D eigenvalue weighted by atomic mass is 9.79. The Morgan fingerprint density at radius 2 is 1.93 bits per heavy atom. The van der Waals surface area contributed by atoms with Crippen LogP contribution >= 0.6 is 0 Å². The van der Waals surface area contributed by atoms with Crippen molar-refractivity contribution >= 4 is 5.78 Å². The lowest BCUT2D eigenvalue weighted by Gasteiger charge is -2.30. The molecule has 0 spiro atoms. The topological polar surface area (TPSA) is 37.3 Å². The fourth-order valence-corrected chi connectivity index (χ4v) is 2.20. The van der Waals surface area contributed by atoms with Gasteiger partial charge in [0, 0.05) is 12.8 Å². The first kappa shape index (κ1) is 10.4. The molecule has 0 bridgehead atoms. The number of benzene rings is 1. The van der Waals surface area contributed by atoms with Crippen LogP contribution in [0.4, 0.5) is 0 Å². The van der Waals surface area contributed by atoms with Gasteiger partial charge in [0.05, 0.1) is 0 Å². The zero-order valence-corrected chi connectivity index (χ0v) is 8.78. The van der Waals surface area contributed by atoms with Gasteiger partial charge in [-0.2, -0.15) is 0 Å². The standard InChI is InChI=1S/C13H16O2/c14-12-8-4-5-9-13(12,15)10-11-6-2-1-3-7-11/h1-3,6-7,15H,4-5,8-10H2. The molecule has 1 aliphatic carbocycles. The highest BCUT2D eigenvalue weighted by Crippen LogP contribution is 2.28. The van der Waals surface area contributed by atoms with Gasteiger partial charge in [-0.05, 0) is 24.8 Å². The van der Waals surface area contributed by atoms with Gasteiger partial charge in [-0.3, -0.25) is 4.79 Å². The highest BCUT2D eigenvalue weighted by atomic mass is 16.3. The molecule has 1 aromatic rings. The van der Waals surface area contributed by atoms with E-state index >= 15 is 0 Å². The molecular weight excluding hydrogens is 188 g/mol. The fourth-order valence-electron chi connectivity index (χ4n) is 2.20. The third-order valence-electron chi connectivity index (χ3n) is 3.10. The minimum absolute atomic E-state index is 0.0117. The van der Waals surface area contributed by atoms with Crippen LogP contribution in [0.2, 0.25) is 0 Å². The quantitative estimate of drug-likeness (QED) is 0.801. The van der Waals surface area contributed by atoms with E-state index in [4.69, 9.17) is 0 Å². The van der Waals surface area contributed by atoms with Crippen molar-refractivity contribution in [2.45, 2.75) is 37.7 Å². The lowest BCUT2D eigenvalue weighted by Crippen LogP contribution is -2.43. The Bertz CT molecular complexity index is 345. The molecule has 2 rings (SSSR count). The maximum absolute atomic E-state index is 11.7. The number of Topliss-reactive ketones (excluding diaryl/α,β-unsaturated/α-hetero) is 1. The first-order chi connectivity index (χ1) is 7.21. The third-order valence-corrected chi connectivity index (χ3v) is 3.10. The van der Waals surface area contributed by atoms with E-state index in [1.54, 1.807) is 0 Å². The molecule has 1 unspecified atom stereocenters. The molecule has 2 heteroatoms. The molecule has 15 heavy (non-hydrogen) atoms. The molecule has 0 saturated heterocycles. The number of hydrogen-bond donors (Lipinski definition) is 1. The molecule has 0 radical (unpaired) electrons. The largest absolute Gasteiger partial charge is 0.382 e. The molecule has 0 heterocycles. The summed E-state index contributed by atoms with van der Waals surface area (Å²) in [6, 6.07) is 9.73. The first-order valence-corrected chi connectivity index (χ1v) is 5.50. The first-order valence-electron chi connectivity index (χ1n) is 5.50. The summed E-state index contributed by atoms with van der Waals surface area (Å²) in [5.74, 6) is 0.0117. The number of rotatable bonds is 2. The third kappa shape index (κ3) is 2.26. The second-order valence-electron chi connectivity index (χ2n) is 4.32. The summed E-state index contributed by atoms with van der Waals surface area (Å²) in [4.78, 5) is 11.7. The smallest absolute Gasteiger partial charge is 0.164 e. The van der Waals surface area contributed by atoms with Gasteiger partial charge in [0.1, 0.15) is 5.60 Å². The molecule has 0 aliphatic heterocycles. The van der Waals surface area contributed by atoms with Crippen molar-refractivity contribution in [2.24, 2.45) is 0 Å². The second kappa shape index (κ2) is 4.15. The van der Waals surface area contributed by atoms with Gasteiger partial charge in [-0.15, -0.1) is 0 Å². The van der Waals surface area contributed by atoms with Crippen LogP contribution in [0.25, 0.3) is 0 Å². The van der Waals surface area contributed by atoms with E-state index in [1.807, 2.05) is 30.3 Å². The van der Waals surface area contributed by atoms with Crippen LogP contribution in [0.5, 0.6) is 0 Å². The van der Waals surface area contributed by atoms with Crippen LogP contribution < -0.4 is 0 Å². The summed E-state index contributed by atoms with van der Waals surface area (Å²) < 4.78 is 0. The molecular formula is C13H16O2. The van der Waals surface area contributed by atoms with E-state index in [0.717, 1.165) is 18.4 Å². The van der Waals surface area contributed by atoms with E-state index < -0.39 is 5.60 Å². The maximum Gasteiger partial charge on any atom is 0.164 e.